The lowest BCUT2D eigenvalue weighted by Gasteiger charge is -2.30. The van der Waals surface area contributed by atoms with Gasteiger partial charge in [0.05, 0.1) is 7.11 Å². The summed E-state index contributed by atoms with van der Waals surface area (Å²) in [7, 11) is 1.32. The number of nitrogens with zero attached hydrogens (tertiary/aromatic N) is 1. The quantitative estimate of drug-likeness (QED) is 0.613. The minimum Gasteiger partial charge on any atom is -0.468 e. The summed E-state index contributed by atoms with van der Waals surface area (Å²) in [6.45, 7) is 0.700. The van der Waals surface area contributed by atoms with E-state index in [2.05, 4.69) is 0 Å². The van der Waals surface area contributed by atoms with Crippen molar-refractivity contribution in [2.24, 2.45) is 0 Å². The van der Waals surface area contributed by atoms with Gasteiger partial charge in [-0.3, -0.25) is 9.59 Å². The predicted molar refractivity (Wildman–Crippen MR) is 86.6 cm³/mol. The van der Waals surface area contributed by atoms with Crippen molar-refractivity contribution in [2.75, 3.05) is 26.0 Å². The highest BCUT2D eigenvalue weighted by Crippen LogP contribution is 2.21. The van der Waals surface area contributed by atoms with Gasteiger partial charge in [0.2, 0.25) is 0 Å². The number of rotatable bonds is 2. The van der Waals surface area contributed by atoms with E-state index in [0.717, 1.165) is 0 Å². The van der Waals surface area contributed by atoms with Crippen LogP contribution < -0.4 is 5.63 Å². The minimum absolute atomic E-state index is 0.0146. The monoisotopic (exact) mass is 333 g/mol. The number of fused-ring (bicyclic) bond motifs is 1. The summed E-state index contributed by atoms with van der Waals surface area (Å²) in [6.07, 6.45) is 0. The molecule has 1 aromatic carbocycles. The van der Waals surface area contributed by atoms with Gasteiger partial charge in [-0.1, -0.05) is 18.2 Å². The molecule has 1 atom stereocenters. The fourth-order valence-corrected chi connectivity index (χ4v) is 3.62. The summed E-state index contributed by atoms with van der Waals surface area (Å²) < 4.78 is 9.93. The van der Waals surface area contributed by atoms with Gasteiger partial charge >= 0.3 is 11.6 Å². The maximum absolute atomic E-state index is 12.6. The van der Waals surface area contributed by atoms with Crippen molar-refractivity contribution in [3.63, 3.8) is 0 Å². The van der Waals surface area contributed by atoms with Crippen molar-refractivity contribution in [1.29, 1.82) is 0 Å². The van der Waals surface area contributed by atoms with E-state index >= 15 is 0 Å². The standard InChI is InChI=1S/C16H15NO5S/c1-21-16(20)13-9-17(6-7-23-13)14(18)11-8-10-4-2-3-5-12(10)22-15(11)19/h2-5,8,13H,6-7,9H2,1H3/t13-/m1/s1. The predicted octanol–water partition coefficient (Wildman–Crippen LogP) is 1.52. The Kier molecular flexibility index (Phi) is 4.38. The number of benzene rings is 1. The lowest BCUT2D eigenvalue weighted by atomic mass is 10.1. The Bertz CT molecular complexity index is 815. The third-order valence-corrected chi connectivity index (χ3v) is 4.85. The minimum atomic E-state index is -0.665. The molecule has 0 unspecified atom stereocenters. The van der Waals surface area contributed by atoms with Gasteiger partial charge in [0, 0.05) is 24.2 Å². The van der Waals surface area contributed by atoms with E-state index in [1.807, 2.05) is 0 Å². The average molecular weight is 333 g/mol. The fourth-order valence-electron chi connectivity index (χ4n) is 2.49. The maximum atomic E-state index is 12.6. The number of hydrogen-bond donors (Lipinski definition) is 0. The number of para-hydroxylation sites is 1. The third-order valence-electron chi connectivity index (χ3n) is 3.69. The summed E-state index contributed by atoms with van der Waals surface area (Å²) >= 11 is 1.45. The normalized spacial score (nSPS) is 18.0. The van der Waals surface area contributed by atoms with Crippen molar-refractivity contribution in [3.05, 3.63) is 46.3 Å². The molecule has 6 nitrogen and oxygen atoms in total. The van der Waals surface area contributed by atoms with Gasteiger partial charge in [0.25, 0.3) is 5.91 Å². The summed E-state index contributed by atoms with van der Waals surface area (Å²) in [5.41, 5.74) is -0.239. The zero-order chi connectivity index (χ0) is 16.4. The highest BCUT2D eigenvalue weighted by atomic mass is 32.2. The Hall–Kier alpha value is -2.28. The van der Waals surface area contributed by atoms with Gasteiger partial charge in [-0.05, 0) is 12.1 Å². The van der Waals surface area contributed by atoms with E-state index in [9.17, 15) is 14.4 Å². The van der Waals surface area contributed by atoms with Crippen molar-refractivity contribution in [3.8, 4) is 0 Å². The van der Waals surface area contributed by atoms with Gasteiger partial charge in [-0.15, -0.1) is 11.8 Å². The molecule has 0 spiro atoms. The van der Waals surface area contributed by atoms with Crippen LogP contribution in [0.25, 0.3) is 11.0 Å². The molecule has 1 aliphatic heterocycles. The number of thioether (sulfide) groups is 1. The molecule has 120 valence electrons. The zero-order valence-electron chi connectivity index (χ0n) is 12.5. The molecule has 7 heteroatoms. The van der Waals surface area contributed by atoms with E-state index in [1.54, 1.807) is 30.3 Å². The van der Waals surface area contributed by atoms with Gasteiger partial charge < -0.3 is 14.1 Å². The molecule has 1 saturated heterocycles. The first kappa shape index (κ1) is 15.6. The van der Waals surface area contributed by atoms with Crippen molar-refractivity contribution < 1.29 is 18.7 Å². The first-order valence-electron chi connectivity index (χ1n) is 7.12. The topological polar surface area (TPSA) is 76.8 Å². The Morgan fingerprint density at radius 1 is 1.35 bits per heavy atom. The van der Waals surface area contributed by atoms with Gasteiger partial charge in [0.1, 0.15) is 16.4 Å². The Labute approximate surface area is 136 Å². The third kappa shape index (κ3) is 3.10. The molecule has 0 aliphatic carbocycles. The van der Waals surface area contributed by atoms with Gasteiger partial charge in [-0.25, -0.2) is 4.79 Å². The van der Waals surface area contributed by atoms with Crippen LogP contribution in [0.3, 0.4) is 0 Å². The lowest BCUT2D eigenvalue weighted by molar-refractivity contribution is -0.140. The van der Waals surface area contributed by atoms with Crippen LogP contribution in [0.2, 0.25) is 0 Å². The van der Waals surface area contributed by atoms with Crippen molar-refractivity contribution in [1.82, 2.24) is 4.90 Å². The summed E-state index contributed by atoms with van der Waals surface area (Å²) in [6, 6.07) is 8.56. The molecule has 2 aromatic rings. The summed E-state index contributed by atoms with van der Waals surface area (Å²) in [5.74, 6) is -0.165. The number of hydrogen-bond acceptors (Lipinski definition) is 6. The molecular formula is C16H15NO5S. The van der Waals surface area contributed by atoms with E-state index in [0.29, 0.717) is 23.3 Å². The molecule has 0 saturated carbocycles. The first-order chi connectivity index (χ1) is 11.1. The Morgan fingerprint density at radius 2 is 2.13 bits per heavy atom. The molecule has 1 fully saturated rings. The Balaban J connectivity index is 1.89. The van der Waals surface area contributed by atoms with Gasteiger partial charge in [-0.2, -0.15) is 0 Å². The maximum Gasteiger partial charge on any atom is 0.349 e. The SMILES string of the molecule is COC(=O)[C@H]1CN(C(=O)c2cc3ccccc3oc2=O)CCS1. The molecular weight excluding hydrogens is 318 g/mol. The van der Waals surface area contributed by atoms with E-state index in [4.69, 9.17) is 9.15 Å². The van der Waals surface area contributed by atoms with Crippen LogP contribution in [0.1, 0.15) is 10.4 Å². The highest BCUT2D eigenvalue weighted by molar-refractivity contribution is 8.00. The van der Waals surface area contributed by atoms with E-state index < -0.39 is 16.8 Å². The van der Waals surface area contributed by atoms with E-state index in [1.165, 1.54) is 23.8 Å². The van der Waals surface area contributed by atoms with Crippen LogP contribution in [0, 0.1) is 0 Å². The summed E-state index contributed by atoms with van der Waals surface area (Å²) in [5, 5.41) is 0.261. The van der Waals surface area contributed by atoms with Crippen molar-refractivity contribution >= 4 is 34.6 Å². The average Bonchev–Trinajstić information content (AvgIpc) is 2.60. The van der Waals surface area contributed by atoms with Crippen LogP contribution >= 0.6 is 11.8 Å². The Morgan fingerprint density at radius 3 is 2.91 bits per heavy atom. The van der Waals surface area contributed by atoms with Crippen LogP contribution in [-0.4, -0.2) is 48.0 Å². The number of ether oxygens (including phenoxy) is 1. The highest BCUT2D eigenvalue weighted by Gasteiger charge is 2.31. The zero-order valence-corrected chi connectivity index (χ0v) is 13.3. The molecule has 1 amide bonds. The molecule has 3 rings (SSSR count). The van der Waals surface area contributed by atoms with Crippen LogP contribution in [-0.2, 0) is 9.53 Å². The molecule has 0 bridgehead atoms. The number of amides is 1. The second-order valence-electron chi connectivity index (χ2n) is 5.12. The number of carbonyl (C=O) groups is 2. The first-order valence-corrected chi connectivity index (χ1v) is 8.16. The second-order valence-corrected chi connectivity index (χ2v) is 6.43. The van der Waals surface area contributed by atoms with Crippen LogP contribution in [0.4, 0.5) is 0 Å². The van der Waals surface area contributed by atoms with Crippen LogP contribution in [0.15, 0.2) is 39.5 Å². The second kappa shape index (κ2) is 6.45. The van der Waals surface area contributed by atoms with Crippen molar-refractivity contribution in [2.45, 2.75) is 5.25 Å². The fraction of sp³-hybridized carbons (Fsp3) is 0.312. The summed E-state index contributed by atoms with van der Waals surface area (Å²) in [4.78, 5) is 37.9. The molecule has 23 heavy (non-hydrogen) atoms. The number of carbonyl (C=O) groups excluding carboxylic acids is 2. The smallest absolute Gasteiger partial charge is 0.349 e. The molecule has 0 radical (unpaired) electrons. The number of methoxy groups -OCH3 is 1. The van der Waals surface area contributed by atoms with Crippen LogP contribution in [0.5, 0.6) is 0 Å². The molecule has 1 aromatic heterocycles. The van der Waals surface area contributed by atoms with Gasteiger partial charge in [0.15, 0.2) is 0 Å². The molecule has 0 N–H and O–H groups in total. The van der Waals surface area contributed by atoms with E-state index in [-0.39, 0.29) is 18.1 Å². The largest absolute Gasteiger partial charge is 0.468 e. The molecule has 1 aliphatic rings. The number of esters is 1. The lowest BCUT2D eigenvalue weighted by Crippen LogP contribution is -2.46. The molecule has 2 heterocycles.